The lowest BCUT2D eigenvalue weighted by molar-refractivity contribution is 0.363. The fourth-order valence-electron chi connectivity index (χ4n) is 2.42. The van der Waals surface area contributed by atoms with Crippen LogP contribution in [-0.4, -0.2) is 20.8 Å². The molecule has 5 nitrogen and oxygen atoms in total. The Hall–Kier alpha value is -3.60. The maximum Gasteiger partial charge on any atom is 0.119 e. The molecular formula is C23H22N2O3. The van der Waals surface area contributed by atoms with Gasteiger partial charge in [0.2, 0.25) is 0 Å². The number of rotatable bonds is 8. The van der Waals surface area contributed by atoms with E-state index in [4.69, 9.17) is 14.2 Å². The van der Waals surface area contributed by atoms with E-state index in [2.05, 4.69) is 10.2 Å². The van der Waals surface area contributed by atoms with Crippen molar-refractivity contribution in [2.45, 2.75) is 0 Å². The van der Waals surface area contributed by atoms with Gasteiger partial charge >= 0.3 is 0 Å². The van der Waals surface area contributed by atoms with Crippen LogP contribution in [0.1, 0.15) is 5.56 Å². The average Bonchev–Trinajstić information content (AvgIpc) is 2.77. The Morgan fingerprint density at radius 3 is 1.61 bits per heavy atom. The van der Waals surface area contributed by atoms with E-state index in [1.54, 1.807) is 14.2 Å². The monoisotopic (exact) mass is 374 g/mol. The number of hydrogen-bond acceptors (Lipinski definition) is 5. The van der Waals surface area contributed by atoms with E-state index in [1.165, 1.54) is 0 Å². The Kier molecular flexibility index (Phi) is 6.79. The van der Waals surface area contributed by atoms with Crippen molar-refractivity contribution < 1.29 is 14.2 Å². The molecule has 0 amide bonds. The van der Waals surface area contributed by atoms with Crippen molar-refractivity contribution >= 4 is 17.5 Å². The van der Waals surface area contributed by atoms with Gasteiger partial charge in [0, 0.05) is 0 Å². The molecule has 0 aliphatic carbocycles. The first-order valence-electron chi connectivity index (χ1n) is 8.86. The van der Waals surface area contributed by atoms with E-state index in [0.717, 1.165) is 34.2 Å². The van der Waals surface area contributed by atoms with Gasteiger partial charge in [-0.25, -0.2) is 0 Å². The predicted molar refractivity (Wildman–Crippen MR) is 111 cm³/mol. The van der Waals surface area contributed by atoms with Crippen LogP contribution >= 0.6 is 0 Å². The smallest absolute Gasteiger partial charge is 0.119 e. The van der Waals surface area contributed by atoms with Gasteiger partial charge in [-0.05, 0) is 72.3 Å². The van der Waals surface area contributed by atoms with Gasteiger partial charge in [0.1, 0.15) is 23.9 Å². The first kappa shape index (κ1) is 19.2. The van der Waals surface area contributed by atoms with Crippen molar-refractivity contribution in [1.82, 2.24) is 0 Å². The van der Waals surface area contributed by atoms with Crippen LogP contribution in [0.2, 0.25) is 0 Å². The van der Waals surface area contributed by atoms with Crippen LogP contribution in [0.5, 0.6) is 17.2 Å². The summed E-state index contributed by atoms with van der Waals surface area (Å²) in [6, 6.07) is 22.8. The van der Waals surface area contributed by atoms with Crippen LogP contribution in [0.3, 0.4) is 0 Å². The molecule has 0 radical (unpaired) electrons. The minimum atomic E-state index is 0.485. The summed E-state index contributed by atoms with van der Waals surface area (Å²) in [4.78, 5) is 0. The predicted octanol–water partition coefficient (Wildman–Crippen LogP) is 6.21. The number of azo groups is 1. The molecule has 0 unspecified atom stereocenters. The molecule has 3 aromatic carbocycles. The van der Waals surface area contributed by atoms with Crippen molar-refractivity contribution in [2.24, 2.45) is 10.2 Å². The highest BCUT2D eigenvalue weighted by Crippen LogP contribution is 2.23. The van der Waals surface area contributed by atoms with E-state index in [0.29, 0.717) is 6.61 Å². The summed E-state index contributed by atoms with van der Waals surface area (Å²) in [5.41, 5.74) is 2.63. The number of methoxy groups -OCH3 is 2. The molecule has 0 heterocycles. The first-order chi connectivity index (χ1) is 13.8. The Morgan fingerprint density at radius 1 is 0.643 bits per heavy atom. The average molecular weight is 374 g/mol. The highest BCUT2D eigenvalue weighted by atomic mass is 16.5. The van der Waals surface area contributed by atoms with Gasteiger partial charge in [-0.15, -0.1) is 0 Å². The molecule has 0 atom stereocenters. The molecule has 0 fully saturated rings. The minimum Gasteiger partial charge on any atom is -0.497 e. The number of ether oxygens (including phenoxy) is 3. The standard InChI is InChI=1S/C23H22N2O3/c1-26-21-11-5-18(6-12-21)4-3-17-28-23-15-9-20(10-16-23)25-24-19-7-13-22(27-2)14-8-19/h3-16H,17H2,1-2H3. The van der Waals surface area contributed by atoms with E-state index in [1.807, 2.05) is 84.9 Å². The van der Waals surface area contributed by atoms with Crippen molar-refractivity contribution in [1.29, 1.82) is 0 Å². The van der Waals surface area contributed by atoms with Crippen molar-refractivity contribution in [3.63, 3.8) is 0 Å². The van der Waals surface area contributed by atoms with Crippen LogP contribution in [0.4, 0.5) is 11.4 Å². The molecular weight excluding hydrogens is 352 g/mol. The zero-order chi connectivity index (χ0) is 19.6. The second-order valence-electron chi connectivity index (χ2n) is 5.88. The molecule has 5 heteroatoms. The molecule has 28 heavy (non-hydrogen) atoms. The summed E-state index contributed by atoms with van der Waals surface area (Å²) < 4.78 is 16.0. The molecule has 0 aromatic heterocycles. The fourth-order valence-corrected chi connectivity index (χ4v) is 2.42. The summed E-state index contributed by atoms with van der Waals surface area (Å²) >= 11 is 0. The molecule has 0 N–H and O–H groups in total. The number of nitrogens with zero attached hydrogens (tertiary/aromatic N) is 2. The highest BCUT2D eigenvalue weighted by molar-refractivity contribution is 5.50. The van der Waals surface area contributed by atoms with Crippen molar-refractivity contribution in [2.75, 3.05) is 20.8 Å². The molecule has 0 aliphatic heterocycles. The maximum atomic E-state index is 5.72. The molecule has 142 valence electrons. The normalized spacial score (nSPS) is 11.1. The van der Waals surface area contributed by atoms with Gasteiger partial charge in [-0.3, -0.25) is 0 Å². The van der Waals surface area contributed by atoms with Crippen LogP contribution in [0.15, 0.2) is 89.1 Å². The summed E-state index contributed by atoms with van der Waals surface area (Å²) in [7, 11) is 3.29. The van der Waals surface area contributed by atoms with Crippen molar-refractivity contribution in [3.8, 4) is 17.2 Å². The maximum absolute atomic E-state index is 5.72. The van der Waals surface area contributed by atoms with Gasteiger partial charge in [0.05, 0.1) is 25.6 Å². The summed E-state index contributed by atoms with van der Waals surface area (Å²) in [6.07, 6.45) is 3.98. The van der Waals surface area contributed by atoms with Crippen LogP contribution in [0.25, 0.3) is 6.08 Å². The topological polar surface area (TPSA) is 52.4 Å². The lowest BCUT2D eigenvalue weighted by Gasteiger charge is -2.03. The Bertz CT molecular complexity index is 916. The second-order valence-corrected chi connectivity index (χ2v) is 5.88. The van der Waals surface area contributed by atoms with Gasteiger partial charge < -0.3 is 14.2 Å². The molecule has 0 bridgehead atoms. The number of hydrogen-bond donors (Lipinski definition) is 0. The lowest BCUT2D eigenvalue weighted by atomic mass is 10.2. The van der Waals surface area contributed by atoms with Crippen molar-refractivity contribution in [3.05, 3.63) is 84.4 Å². The van der Waals surface area contributed by atoms with Crippen LogP contribution in [-0.2, 0) is 0 Å². The van der Waals surface area contributed by atoms with Gasteiger partial charge in [0.15, 0.2) is 0 Å². The third kappa shape index (κ3) is 5.71. The zero-order valence-corrected chi connectivity index (χ0v) is 15.9. The quantitative estimate of drug-likeness (QED) is 0.440. The zero-order valence-electron chi connectivity index (χ0n) is 15.9. The fraction of sp³-hybridized carbons (Fsp3) is 0.130. The van der Waals surface area contributed by atoms with E-state index in [-0.39, 0.29) is 0 Å². The SMILES string of the molecule is COc1ccc(C=CCOc2ccc(N=Nc3ccc(OC)cc3)cc2)cc1. The van der Waals surface area contributed by atoms with Gasteiger partial charge in [-0.2, -0.15) is 10.2 Å². The third-order valence-corrected chi connectivity index (χ3v) is 3.96. The lowest BCUT2D eigenvalue weighted by Crippen LogP contribution is -1.92. The highest BCUT2D eigenvalue weighted by Gasteiger charge is 1.96. The molecule has 3 rings (SSSR count). The Labute approximate surface area is 164 Å². The summed E-state index contributed by atoms with van der Waals surface area (Å²) in [5.74, 6) is 2.42. The van der Waals surface area contributed by atoms with Gasteiger partial charge in [0.25, 0.3) is 0 Å². The second kappa shape index (κ2) is 9.92. The largest absolute Gasteiger partial charge is 0.497 e. The van der Waals surface area contributed by atoms with E-state index >= 15 is 0 Å². The minimum absolute atomic E-state index is 0.485. The molecule has 3 aromatic rings. The third-order valence-electron chi connectivity index (χ3n) is 3.96. The Morgan fingerprint density at radius 2 is 1.11 bits per heavy atom. The first-order valence-corrected chi connectivity index (χ1v) is 8.86. The molecule has 0 spiro atoms. The molecule has 0 saturated heterocycles. The van der Waals surface area contributed by atoms with Crippen LogP contribution < -0.4 is 14.2 Å². The summed E-state index contributed by atoms with van der Waals surface area (Å²) in [5, 5.41) is 8.44. The van der Waals surface area contributed by atoms with Gasteiger partial charge in [-0.1, -0.05) is 18.2 Å². The molecule has 0 saturated carbocycles. The molecule has 0 aliphatic rings. The number of benzene rings is 3. The Balaban J connectivity index is 1.49. The summed E-state index contributed by atoms with van der Waals surface area (Å²) in [6.45, 7) is 0.485. The van der Waals surface area contributed by atoms with E-state index in [9.17, 15) is 0 Å². The van der Waals surface area contributed by atoms with Crippen LogP contribution in [0, 0.1) is 0 Å². The van der Waals surface area contributed by atoms with E-state index < -0.39 is 0 Å².